The predicted octanol–water partition coefficient (Wildman–Crippen LogP) is -0.564. The van der Waals surface area contributed by atoms with Gasteiger partial charge < -0.3 is 11.1 Å². The minimum Gasteiger partial charge on any atom is -0.365 e. The van der Waals surface area contributed by atoms with Crippen LogP contribution in [0.3, 0.4) is 0 Å². The Morgan fingerprint density at radius 3 is 2.50 bits per heavy atom. The number of allylic oxidation sites excluding steroid dienone is 1. The van der Waals surface area contributed by atoms with Crippen LogP contribution in [-0.4, -0.2) is 24.1 Å². The highest BCUT2D eigenvalue weighted by atomic mass is 16.2. The molecule has 0 unspecified atom stereocenters. The maximum absolute atomic E-state index is 12.3. The summed E-state index contributed by atoms with van der Waals surface area (Å²) in [5, 5.41) is 8.69. The normalized spacial score (nSPS) is 11.1. The molecule has 0 radical (unpaired) electrons. The fraction of sp³-hybridized carbons (Fsp3) is 0.200. The number of aromatic nitrogens is 1. The van der Waals surface area contributed by atoms with Crippen LogP contribution < -0.4 is 21.4 Å². The van der Waals surface area contributed by atoms with Gasteiger partial charge in [0.05, 0.1) is 5.56 Å². The van der Waals surface area contributed by atoms with Crippen molar-refractivity contribution >= 4 is 17.5 Å². The molecule has 0 spiro atoms. The average molecular weight is 352 g/mol. The highest BCUT2D eigenvalue weighted by Crippen LogP contribution is 2.10. The number of primary amides is 1. The first-order valence-electron chi connectivity index (χ1n) is 8.33. The number of H-pyrrole nitrogens is 1. The Hall–Kier alpha value is -3.28. The third-order valence-corrected chi connectivity index (χ3v) is 4.04. The Kier molecular flexibility index (Phi) is 6.38. The molecule has 134 valence electrons. The van der Waals surface area contributed by atoms with Crippen LogP contribution in [-0.2, 0) is 16.0 Å². The topological polar surface area (TPSA) is 112 Å². The van der Waals surface area contributed by atoms with Crippen molar-refractivity contribution in [2.24, 2.45) is 5.73 Å². The second-order valence-corrected chi connectivity index (χ2v) is 6.10. The number of benzene rings is 1. The van der Waals surface area contributed by atoms with E-state index in [1.165, 1.54) is 17.2 Å². The minimum atomic E-state index is -0.820. The number of aryl methyl sites for hydroxylation is 2. The number of carbonyl (C=O) groups excluding carboxylic acids is 2. The van der Waals surface area contributed by atoms with Crippen molar-refractivity contribution < 1.29 is 20.0 Å². The summed E-state index contributed by atoms with van der Waals surface area (Å²) in [7, 11) is 0. The first-order valence-corrected chi connectivity index (χ1v) is 8.33. The van der Waals surface area contributed by atoms with Gasteiger partial charge in [-0.3, -0.25) is 15.0 Å². The Morgan fingerprint density at radius 1 is 1.19 bits per heavy atom. The van der Waals surface area contributed by atoms with Gasteiger partial charge in [-0.25, -0.2) is 4.98 Å². The van der Waals surface area contributed by atoms with Crippen LogP contribution in [0, 0.1) is 13.8 Å². The highest BCUT2D eigenvalue weighted by Gasteiger charge is 2.18. The zero-order chi connectivity index (χ0) is 19.1. The monoisotopic (exact) mass is 352 g/mol. The standard InChI is InChI=1S/C20H22N4O2/c1-13-3-4-15(14(2)11-13)7-10-24-20(26)17(19(22)25)12-18(21)16-5-8-23-9-6-16/h3-6,8-9,11-12,21H,7,10H2,1-2H3,(H2,22,25)(H,24,26)/p+2. The lowest BCUT2D eigenvalue weighted by Crippen LogP contribution is -2.41. The lowest BCUT2D eigenvalue weighted by atomic mass is 10.0. The van der Waals surface area contributed by atoms with Crippen LogP contribution in [0.15, 0.2) is 54.4 Å². The number of pyridine rings is 1. The van der Waals surface area contributed by atoms with E-state index in [-0.39, 0.29) is 11.3 Å². The van der Waals surface area contributed by atoms with Gasteiger partial charge in [0.25, 0.3) is 11.8 Å². The molecule has 1 aromatic carbocycles. The summed E-state index contributed by atoms with van der Waals surface area (Å²) in [5.41, 5.74) is 9.66. The Labute approximate surface area is 152 Å². The molecule has 1 heterocycles. The number of aromatic amines is 1. The van der Waals surface area contributed by atoms with Gasteiger partial charge in [0.2, 0.25) is 5.71 Å². The molecule has 1 aromatic heterocycles. The van der Waals surface area contributed by atoms with Crippen LogP contribution in [0.4, 0.5) is 0 Å². The lowest BCUT2D eigenvalue weighted by Gasteiger charge is -2.09. The van der Waals surface area contributed by atoms with E-state index < -0.39 is 11.8 Å². The fourth-order valence-corrected chi connectivity index (χ4v) is 2.60. The largest absolute Gasteiger partial charge is 0.365 e. The molecule has 26 heavy (non-hydrogen) atoms. The van der Waals surface area contributed by atoms with Crippen LogP contribution >= 0.6 is 0 Å². The van der Waals surface area contributed by atoms with E-state index in [2.05, 4.69) is 16.4 Å². The molecule has 0 bridgehead atoms. The Bertz CT molecular complexity index is 857. The SMILES string of the molecule is Cc1ccc(CCNC(=O)C(=CC(=[NH2+])c2cc[nH+]cc2)C(N)=O)c(C)c1. The van der Waals surface area contributed by atoms with E-state index in [1.54, 1.807) is 24.5 Å². The number of carbonyl (C=O) groups is 2. The van der Waals surface area contributed by atoms with Gasteiger partial charge in [-0.2, -0.15) is 0 Å². The van der Waals surface area contributed by atoms with Crippen molar-refractivity contribution in [2.75, 3.05) is 6.54 Å². The van der Waals surface area contributed by atoms with Gasteiger partial charge in [0, 0.05) is 24.8 Å². The Morgan fingerprint density at radius 2 is 1.88 bits per heavy atom. The smallest absolute Gasteiger partial charge is 0.257 e. The Balaban J connectivity index is 2.03. The molecule has 0 saturated heterocycles. The highest BCUT2D eigenvalue weighted by molar-refractivity contribution is 6.22. The van der Waals surface area contributed by atoms with Gasteiger partial charge >= 0.3 is 0 Å². The van der Waals surface area contributed by atoms with Gasteiger partial charge in [-0.05, 0) is 31.4 Å². The molecule has 0 fully saturated rings. The number of nitrogens with two attached hydrogens (primary N) is 2. The van der Waals surface area contributed by atoms with Crippen LogP contribution in [0.5, 0.6) is 0 Å². The molecule has 0 aliphatic heterocycles. The molecular weight excluding hydrogens is 328 g/mol. The zero-order valence-electron chi connectivity index (χ0n) is 15.0. The van der Waals surface area contributed by atoms with Gasteiger partial charge in [-0.1, -0.05) is 23.8 Å². The molecule has 0 aliphatic carbocycles. The van der Waals surface area contributed by atoms with Crippen LogP contribution in [0.1, 0.15) is 22.3 Å². The molecule has 2 amide bonds. The number of amides is 2. The van der Waals surface area contributed by atoms with Gasteiger partial charge in [0.15, 0.2) is 12.4 Å². The predicted molar refractivity (Wildman–Crippen MR) is 98.9 cm³/mol. The van der Waals surface area contributed by atoms with Crippen molar-refractivity contribution in [1.29, 1.82) is 0 Å². The summed E-state index contributed by atoms with van der Waals surface area (Å²) >= 11 is 0. The van der Waals surface area contributed by atoms with Crippen LogP contribution in [0.2, 0.25) is 0 Å². The van der Waals surface area contributed by atoms with E-state index >= 15 is 0 Å². The quantitative estimate of drug-likeness (QED) is 0.268. The average Bonchev–Trinajstić information content (AvgIpc) is 2.61. The number of hydrogen-bond acceptors (Lipinski definition) is 2. The molecule has 6 N–H and O–H groups in total. The third kappa shape index (κ3) is 5.11. The van der Waals surface area contributed by atoms with Crippen molar-refractivity contribution in [2.45, 2.75) is 20.3 Å². The fourth-order valence-electron chi connectivity index (χ4n) is 2.60. The first kappa shape index (κ1) is 19.1. The molecule has 0 atom stereocenters. The van der Waals surface area contributed by atoms with Crippen LogP contribution in [0.25, 0.3) is 0 Å². The second-order valence-electron chi connectivity index (χ2n) is 6.10. The number of hydrogen-bond donors (Lipinski definition) is 3. The number of rotatable bonds is 7. The number of nitrogens with one attached hydrogen (secondary N) is 2. The molecule has 6 nitrogen and oxygen atoms in total. The van der Waals surface area contributed by atoms with E-state index in [4.69, 9.17) is 11.1 Å². The summed E-state index contributed by atoms with van der Waals surface area (Å²) in [5.74, 6) is -1.35. The summed E-state index contributed by atoms with van der Waals surface area (Å²) in [4.78, 5) is 26.9. The van der Waals surface area contributed by atoms with Gasteiger partial charge in [-0.15, -0.1) is 0 Å². The van der Waals surface area contributed by atoms with E-state index in [0.717, 1.165) is 5.56 Å². The summed E-state index contributed by atoms with van der Waals surface area (Å²) in [6.45, 7) is 4.47. The van der Waals surface area contributed by atoms with Gasteiger partial charge in [0.1, 0.15) is 5.57 Å². The van der Waals surface area contributed by atoms with E-state index in [9.17, 15) is 9.59 Å². The maximum Gasteiger partial charge on any atom is 0.257 e. The third-order valence-electron chi connectivity index (χ3n) is 4.04. The molecule has 6 heteroatoms. The van der Waals surface area contributed by atoms with E-state index in [1.807, 2.05) is 26.0 Å². The lowest BCUT2D eigenvalue weighted by molar-refractivity contribution is -0.378. The van der Waals surface area contributed by atoms with Crippen molar-refractivity contribution in [3.8, 4) is 0 Å². The van der Waals surface area contributed by atoms with Crippen molar-refractivity contribution in [3.05, 3.63) is 76.6 Å². The van der Waals surface area contributed by atoms with E-state index in [0.29, 0.717) is 18.5 Å². The molecule has 0 aliphatic rings. The summed E-state index contributed by atoms with van der Waals surface area (Å²) < 4.78 is 0. The zero-order valence-corrected chi connectivity index (χ0v) is 15.0. The minimum absolute atomic E-state index is 0.170. The maximum atomic E-state index is 12.3. The van der Waals surface area contributed by atoms with Crippen molar-refractivity contribution in [1.82, 2.24) is 5.32 Å². The molecule has 0 saturated carbocycles. The van der Waals surface area contributed by atoms with Crippen molar-refractivity contribution in [3.63, 3.8) is 0 Å². The molecule has 2 aromatic rings. The second kappa shape index (κ2) is 8.71. The summed E-state index contributed by atoms with van der Waals surface area (Å²) in [6.07, 6.45) is 5.37. The first-order chi connectivity index (χ1) is 12.4. The summed E-state index contributed by atoms with van der Waals surface area (Å²) in [6, 6.07) is 9.65. The molecular formula is C20H24N4O2+2. The molecule has 2 rings (SSSR count).